The maximum absolute atomic E-state index is 12.9. The predicted octanol–water partition coefficient (Wildman–Crippen LogP) is 3.01. The van der Waals surface area contributed by atoms with Crippen molar-refractivity contribution in [1.29, 1.82) is 0 Å². The van der Waals surface area contributed by atoms with Gasteiger partial charge < -0.3 is 5.21 Å². The third kappa shape index (κ3) is 1.98. The first kappa shape index (κ1) is 12.4. The van der Waals surface area contributed by atoms with Gasteiger partial charge in [-0.15, -0.1) is 0 Å². The molecule has 0 N–H and O–H groups in total. The number of pyridine rings is 2. The summed E-state index contributed by atoms with van der Waals surface area (Å²) in [5, 5.41) is 14.8. The van der Waals surface area contributed by atoms with Crippen molar-refractivity contribution < 1.29 is 4.73 Å². The lowest BCUT2D eigenvalue weighted by molar-refractivity contribution is -0.562. The number of nitrogens with zero attached hydrogens (tertiary/aromatic N) is 3. The van der Waals surface area contributed by atoms with E-state index in [9.17, 15) is 5.21 Å². The molecule has 4 nitrogen and oxygen atoms in total. The summed E-state index contributed by atoms with van der Waals surface area (Å²) in [5.41, 5.74) is 1.46. The van der Waals surface area contributed by atoms with Crippen LogP contribution in [-0.2, 0) is 0 Å². The summed E-state index contributed by atoms with van der Waals surface area (Å²) in [6, 6.07) is 11.9. The molecule has 106 valence electrons. The lowest BCUT2D eigenvalue weighted by Crippen LogP contribution is -2.41. The third-order valence-corrected chi connectivity index (χ3v) is 4.28. The van der Waals surface area contributed by atoms with E-state index in [0.717, 1.165) is 52.8 Å². The average Bonchev–Trinajstić information content (AvgIpc) is 2.55. The van der Waals surface area contributed by atoms with Crippen molar-refractivity contribution in [2.45, 2.75) is 19.3 Å². The van der Waals surface area contributed by atoms with Gasteiger partial charge in [0.2, 0.25) is 0 Å². The monoisotopic (exact) mass is 279 g/mol. The molecule has 0 radical (unpaired) electrons. The fourth-order valence-electron chi connectivity index (χ4n) is 3.20. The van der Waals surface area contributed by atoms with Gasteiger partial charge >= 0.3 is 0 Å². The summed E-state index contributed by atoms with van der Waals surface area (Å²) in [6.07, 6.45) is 5.32. The van der Waals surface area contributed by atoms with Crippen LogP contribution in [0.25, 0.3) is 21.8 Å². The molecule has 1 aliphatic heterocycles. The number of benzene rings is 1. The van der Waals surface area contributed by atoms with Gasteiger partial charge in [-0.3, -0.25) is 9.88 Å². The molecule has 1 fully saturated rings. The number of rotatable bonds is 1. The fraction of sp³-hybridized carbons (Fsp3) is 0.294. The quantitative estimate of drug-likeness (QED) is 0.391. The van der Waals surface area contributed by atoms with Gasteiger partial charge in [0.25, 0.3) is 5.82 Å². The van der Waals surface area contributed by atoms with Crippen LogP contribution >= 0.6 is 0 Å². The minimum absolute atomic E-state index is 0.677. The molecule has 1 saturated heterocycles. The van der Waals surface area contributed by atoms with E-state index in [-0.39, 0.29) is 0 Å². The molecule has 2 aromatic heterocycles. The van der Waals surface area contributed by atoms with Gasteiger partial charge in [-0.2, -0.15) is 0 Å². The SMILES string of the molecule is [O-][n+]1c(N2CCCCC2)ccc2ccc3cccnc3c21. The molecule has 1 aromatic carbocycles. The predicted molar refractivity (Wildman–Crippen MR) is 84.3 cm³/mol. The topological polar surface area (TPSA) is 43.1 Å². The number of hydrogen-bond donors (Lipinski definition) is 0. The first-order valence-corrected chi connectivity index (χ1v) is 7.49. The van der Waals surface area contributed by atoms with Crippen molar-refractivity contribution in [2.75, 3.05) is 18.0 Å². The zero-order chi connectivity index (χ0) is 14.2. The fourth-order valence-corrected chi connectivity index (χ4v) is 3.20. The highest BCUT2D eigenvalue weighted by Crippen LogP contribution is 2.24. The van der Waals surface area contributed by atoms with Crippen LogP contribution in [0, 0.1) is 5.21 Å². The van der Waals surface area contributed by atoms with Crippen molar-refractivity contribution >= 4 is 27.6 Å². The van der Waals surface area contributed by atoms with E-state index in [1.807, 2.05) is 36.4 Å². The van der Waals surface area contributed by atoms with Gasteiger partial charge in [-0.05, 0) is 37.5 Å². The van der Waals surface area contributed by atoms with Gasteiger partial charge in [0.05, 0.1) is 13.1 Å². The zero-order valence-corrected chi connectivity index (χ0v) is 11.8. The van der Waals surface area contributed by atoms with E-state index in [1.54, 1.807) is 6.20 Å². The lowest BCUT2D eigenvalue weighted by atomic mass is 10.1. The second kappa shape index (κ2) is 4.88. The summed E-state index contributed by atoms with van der Waals surface area (Å²) in [4.78, 5) is 6.61. The average molecular weight is 279 g/mol. The smallest absolute Gasteiger partial charge is 0.280 e. The van der Waals surface area contributed by atoms with E-state index in [4.69, 9.17) is 0 Å². The zero-order valence-electron chi connectivity index (χ0n) is 11.8. The van der Waals surface area contributed by atoms with E-state index in [0.29, 0.717) is 5.52 Å². The van der Waals surface area contributed by atoms with E-state index < -0.39 is 0 Å². The van der Waals surface area contributed by atoms with Crippen molar-refractivity contribution in [1.82, 2.24) is 4.98 Å². The molecule has 4 rings (SSSR count). The highest BCUT2D eigenvalue weighted by molar-refractivity contribution is 6.01. The maximum Gasteiger partial charge on any atom is 0.280 e. The molecule has 0 bridgehead atoms. The molecule has 0 unspecified atom stereocenters. The van der Waals surface area contributed by atoms with Crippen molar-refractivity contribution in [3.8, 4) is 0 Å². The Bertz CT molecular complexity index is 810. The summed E-state index contributed by atoms with van der Waals surface area (Å²) in [6.45, 7) is 1.93. The van der Waals surface area contributed by atoms with Crippen LogP contribution in [0.3, 0.4) is 0 Å². The molecule has 3 aromatic rings. The van der Waals surface area contributed by atoms with Crippen molar-refractivity contribution in [2.24, 2.45) is 0 Å². The molecule has 0 spiro atoms. The van der Waals surface area contributed by atoms with Crippen LogP contribution in [-0.4, -0.2) is 18.1 Å². The first-order chi connectivity index (χ1) is 10.3. The van der Waals surface area contributed by atoms with Gasteiger partial charge in [-0.25, -0.2) is 4.73 Å². The lowest BCUT2D eigenvalue weighted by Gasteiger charge is -2.25. The summed E-state index contributed by atoms with van der Waals surface area (Å²) < 4.78 is 1.07. The molecule has 3 heterocycles. The number of anilines is 1. The van der Waals surface area contributed by atoms with Crippen molar-refractivity contribution in [3.63, 3.8) is 0 Å². The summed E-state index contributed by atoms with van der Waals surface area (Å²) in [7, 11) is 0. The third-order valence-electron chi connectivity index (χ3n) is 4.28. The normalized spacial score (nSPS) is 15.7. The van der Waals surface area contributed by atoms with Crippen LogP contribution in [0.2, 0.25) is 0 Å². The minimum Gasteiger partial charge on any atom is -0.710 e. The Balaban J connectivity index is 1.98. The second-order valence-corrected chi connectivity index (χ2v) is 5.61. The van der Waals surface area contributed by atoms with Crippen LogP contribution in [0.1, 0.15) is 19.3 Å². The van der Waals surface area contributed by atoms with E-state index >= 15 is 0 Å². The Kier molecular flexibility index (Phi) is 2.88. The highest BCUT2D eigenvalue weighted by atomic mass is 16.5. The molecular weight excluding hydrogens is 262 g/mol. The van der Waals surface area contributed by atoms with Crippen LogP contribution in [0.15, 0.2) is 42.6 Å². The highest BCUT2D eigenvalue weighted by Gasteiger charge is 2.21. The molecular formula is C17H17N3O. The molecule has 0 atom stereocenters. The van der Waals surface area contributed by atoms with Crippen LogP contribution in [0.4, 0.5) is 5.82 Å². The van der Waals surface area contributed by atoms with Crippen LogP contribution in [0.5, 0.6) is 0 Å². The first-order valence-electron chi connectivity index (χ1n) is 7.49. The molecule has 1 aliphatic rings. The number of fused-ring (bicyclic) bond motifs is 3. The number of hydrogen-bond acceptors (Lipinski definition) is 3. The largest absolute Gasteiger partial charge is 0.710 e. The number of piperidine rings is 1. The van der Waals surface area contributed by atoms with Gasteiger partial charge in [0.15, 0.2) is 5.52 Å². The maximum atomic E-state index is 12.9. The van der Waals surface area contributed by atoms with E-state index in [1.165, 1.54) is 6.42 Å². The van der Waals surface area contributed by atoms with Crippen LogP contribution < -0.4 is 9.63 Å². The molecule has 4 heteroatoms. The minimum atomic E-state index is 0.677. The molecule has 0 saturated carbocycles. The Morgan fingerprint density at radius 1 is 0.952 bits per heavy atom. The standard InChI is InChI=1S/C17H17N3O/c21-20-15(19-11-2-1-3-12-19)9-8-14-7-6-13-5-4-10-18-16(13)17(14)20/h4-10H,1-3,11-12H2. The Labute approximate surface area is 123 Å². The van der Waals surface area contributed by atoms with E-state index in [2.05, 4.69) is 9.88 Å². The molecule has 0 aliphatic carbocycles. The van der Waals surface area contributed by atoms with Gasteiger partial charge in [0, 0.05) is 23.0 Å². The molecule has 0 amide bonds. The van der Waals surface area contributed by atoms with Gasteiger partial charge in [-0.1, -0.05) is 12.1 Å². The summed E-state index contributed by atoms with van der Waals surface area (Å²) in [5.74, 6) is 0.750. The Morgan fingerprint density at radius 3 is 2.57 bits per heavy atom. The second-order valence-electron chi connectivity index (χ2n) is 5.61. The van der Waals surface area contributed by atoms with Crippen molar-refractivity contribution in [3.05, 3.63) is 47.8 Å². The van der Waals surface area contributed by atoms with Gasteiger partial charge in [0.1, 0.15) is 5.52 Å². The number of aromatic nitrogens is 2. The Morgan fingerprint density at radius 2 is 1.71 bits per heavy atom. The summed E-state index contributed by atoms with van der Waals surface area (Å²) >= 11 is 0. The molecule has 21 heavy (non-hydrogen) atoms. The Hall–Kier alpha value is -2.36.